The summed E-state index contributed by atoms with van der Waals surface area (Å²) in [6, 6.07) is 0.0631. The molecular weight excluding hydrogens is 404 g/mol. The molecule has 0 atom stereocenters. The minimum atomic E-state index is -3.84. The second-order valence-electron chi connectivity index (χ2n) is 8.77. The van der Waals surface area contributed by atoms with Crippen LogP contribution in [0.25, 0.3) is 0 Å². The largest absolute Gasteiger partial charge is 0.361 e. The van der Waals surface area contributed by atoms with Gasteiger partial charge in [-0.3, -0.25) is 9.59 Å². The summed E-state index contributed by atoms with van der Waals surface area (Å²) in [4.78, 5) is 30.4. The van der Waals surface area contributed by atoms with Gasteiger partial charge < -0.3 is 15.2 Å². The monoisotopic (exact) mass is 438 g/mol. The lowest BCUT2D eigenvalue weighted by atomic mass is 9.97. The van der Waals surface area contributed by atoms with Gasteiger partial charge in [0.15, 0.2) is 0 Å². The predicted octanol–water partition coefficient (Wildman–Crippen LogP) is 2.18. The summed E-state index contributed by atoms with van der Waals surface area (Å²) in [6.07, 6.45) is 3.95. The molecule has 3 rings (SSSR count). The highest BCUT2D eigenvalue weighted by Crippen LogP contribution is 2.31. The molecule has 1 aromatic rings. The standard InChI is InChI=1S/C21H34N4O4S/c1-14(2)22-20(26)17-8-12-25(13-9-17)30(28,29)19-16(4)23-15(3)18(19)21(27)24-10-6-5-7-11-24/h14,17,23H,5-13H2,1-4H3,(H,22,26). The van der Waals surface area contributed by atoms with E-state index < -0.39 is 10.0 Å². The number of carbonyl (C=O) groups excluding carboxylic acids is 2. The number of nitrogens with one attached hydrogen (secondary N) is 2. The van der Waals surface area contributed by atoms with Gasteiger partial charge in [-0.05, 0) is 59.8 Å². The molecule has 2 amide bonds. The van der Waals surface area contributed by atoms with Crippen LogP contribution >= 0.6 is 0 Å². The molecule has 1 aromatic heterocycles. The van der Waals surface area contributed by atoms with Crippen molar-refractivity contribution in [3.8, 4) is 0 Å². The first-order valence-electron chi connectivity index (χ1n) is 10.9. The molecular formula is C21H34N4O4S. The highest BCUT2D eigenvalue weighted by atomic mass is 32.2. The maximum atomic E-state index is 13.5. The maximum Gasteiger partial charge on any atom is 0.257 e. The number of piperidine rings is 2. The predicted molar refractivity (Wildman–Crippen MR) is 115 cm³/mol. The summed E-state index contributed by atoms with van der Waals surface area (Å²) in [5, 5.41) is 2.91. The first-order chi connectivity index (χ1) is 14.1. The van der Waals surface area contributed by atoms with Crippen LogP contribution in [0.1, 0.15) is 67.7 Å². The first-order valence-corrected chi connectivity index (χ1v) is 12.4. The molecule has 8 nitrogen and oxygen atoms in total. The molecule has 0 unspecified atom stereocenters. The van der Waals surface area contributed by atoms with Crippen molar-refractivity contribution in [2.24, 2.45) is 5.92 Å². The van der Waals surface area contributed by atoms with Crippen molar-refractivity contribution < 1.29 is 18.0 Å². The van der Waals surface area contributed by atoms with Crippen molar-refractivity contribution in [2.75, 3.05) is 26.2 Å². The van der Waals surface area contributed by atoms with Crippen LogP contribution in [0.5, 0.6) is 0 Å². The normalized spacial score (nSPS) is 19.3. The summed E-state index contributed by atoms with van der Waals surface area (Å²) in [5.41, 5.74) is 1.36. The molecule has 2 aliphatic rings. The van der Waals surface area contributed by atoms with Crippen LogP contribution in [0.2, 0.25) is 0 Å². The lowest BCUT2D eigenvalue weighted by Crippen LogP contribution is -2.44. The fourth-order valence-corrected chi connectivity index (χ4v) is 6.37. The number of sulfonamides is 1. The van der Waals surface area contributed by atoms with Gasteiger partial charge in [0.1, 0.15) is 4.90 Å². The number of rotatable bonds is 5. The Bertz CT molecular complexity index is 892. The molecule has 0 bridgehead atoms. The lowest BCUT2D eigenvalue weighted by molar-refractivity contribution is -0.126. The van der Waals surface area contributed by atoms with Crippen LogP contribution in [-0.2, 0) is 14.8 Å². The van der Waals surface area contributed by atoms with Gasteiger partial charge >= 0.3 is 0 Å². The molecule has 3 heterocycles. The average molecular weight is 439 g/mol. The van der Waals surface area contributed by atoms with Gasteiger partial charge in [0, 0.05) is 49.5 Å². The number of amides is 2. The van der Waals surface area contributed by atoms with E-state index in [9.17, 15) is 18.0 Å². The average Bonchev–Trinajstić information content (AvgIpc) is 3.02. The third kappa shape index (κ3) is 4.56. The Morgan fingerprint density at radius 2 is 1.60 bits per heavy atom. The van der Waals surface area contributed by atoms with E-state index in [2.05, 4.69) is 10.3 Å². The Balaban J connectivity index is 1.82. The van der Waals surface area contributed by atoms with E-state index in [1.54, 1.807) is 18.7 Å². The topological polar surface area (TPSA) is 103 Å². The molecule has 2 aliphatic heterocycles. The Hall–Kier alpha value is -1.87. The summed E-state index contributed by atoms with van der Waals surface area (Å²) in [5.74, 6) is -0.402. The number of aryl methyl sites for hydroxylation is 2. The SMILES string of the molecule is Cc1[nH]c(C)c(S(=O)(=O)N2CCC(C(=O)NC(C)C)CC2)c1C(=O)N1CCCCC1. The Labute approximate surface area is 179 Å². The van der Waals surface area contributed by atoms with E-state index in [4.69, 9.17) is 0 Å². The molecule has 2 fully saturated rings. The number of hydrogen-bond donors (Lipinski definition) is 2. The van der Waals surface area contributed by atoms with Crippen molar-refractivity contribution in [2.45, 2.75) is 70.7 Å². The van der Waals surface area contributed by atoms with Crippen molar-refractivity contribution in [3.05, 3.63) is 17.0 Å². The van der Waals surface area contributed by atoms with Crippen LogP contribution in [0, 0.1) is 19.8 Å². The Kier molecular flexibility index (Phi) is 6.91. The fraction of sp³-hybridized carbons (Fsp3) is 0.714. The first kappa shape index (κ1) is 22.8. The fourth-order valence-electron chi connectivity index (χ4n) is 4.48. The van der Waals surface area contributed by atoms with E-state index >= 15 is 0 Å². The molecule has 30 heavy (non-hydrogen) atoms. The Morgan fingerprint density at radius 3 is 2.17 bits per heavy atom. The molecule has 9 heteroatoms. The van der Waals surface area contributed by atoms with E-state index in [1.165, 1.54) is 4.31 Å². The van der Waals surface area contributed by atoms with Crippen LogP contribution in [0.15, 0.2) is 4.90 Å². The molecule has 0 aromatic carbocycles. The molecule has 2 saturated heterocycles. The summed E-state index contributed by atoms with van der Waals surface area (Å²) in [6.45, 7) is 9.17. The van der Waals surface area contributed by atoms with E-state index in [1.807, 2.05) is 13.8 Å². The van der Waals surface area contributed by atoms with Gasteiger partial charge in [0.2, 0.25) is 15.9 Å². The number of H-pyrrole nitrogens is 1. The number of aromatic amines is 1. The van der Waals surface area contributed by atoms with Crippen LogP contribution < -0.4 is 5.32 Å². The molecule has 2 N–H and O–H groups in total. The van der Waals surface area contributed by atoms with Crippen molar-refractivity contribution in [3.63, 3.8) is 0 Å². The molecule has 168 valence electrons. The van der Waals surface area contributed by atoms with Gasteiger partial charge in [-0.25, -0.2) is 8.42 Å². The van der Waals surface area contributed by atoms with Crippen molar-refractivity contribution in [1.82, 2.24) is 19.5 Å². The zero-order valence-electron chi connectivity index (χ0n) is 18.5. The van der Waals surface area contributed by atoms with Gasteiger partial charge in [-0.1, -0.05) is 0 Å². The molecule has 0 aliphatic carbocycles. The van der Waals surface area contributed by atoms with Gasteiger partial charge in [0.25, 0.3) is 5.91 Å². The zero-order valence-corrected chi connectivity index (χ0v) is 19.3. The molecule has 0 spiro atoms. The zero-order chi connectivity index (χ0) is 22.1. The smallest absolute Gasteiger partial charge is 0.257 e. The molecule has 0 saturated carbocycles. The second-order valence-corrected chi connectivity index (χ2v) is 10.6. The third-order valence-electron chi connectivity index (χ3n) is 6.03. The van der Waals surface area contributed by atoms with Gasteiger partial charge in [-0.15, -0.1) is 0 Å². The van der Waals surface area contributed by atoms with E-state index in [0.29, 0.717) is 37.3 Å². The minimum absolute atomic E-state index is 0.0170. The van der Waals surface area contributed by atoms with Crippen LogP contribution in [-0.4, -0.2) is 66.6 Å². The highest BCUT2D eigenvalue weighted by molar-refractivity contribution is 7.89. The highest BCUT2D eigenvalue weighted by Gasteiger charge is 2.38. The second kappa shape index (κ2) is 9.09. The number of aromatic nitrogens is 1. The van der Waals surface area contributed by atoms with Gasteiger partial charge in [0.05, 0.1) is 5.56 Å². The molecule has 0 radical (unpaired) electrons. The van der Waals surface area contributed by atoms with Gasteiger partial charge in [-0.2, -0.15) is 4.31 Å². The van der Waals surface area contributed by atoms with E-state index in [0.717, 1.165) is 19.3 Å². The number of hydrogen-bond acceptors (Lipinski definition) is 4. The maximum absolute atomic E-state index is 13.5. The van der Waals surface area contributed by atoms with Crippen LogP contribution in [0.4, 0.5) is 0 Å². The summed E-state index contributed by atoms with van der Waals surface area (Å²) >= 11 is 0. The van der Waals surface area contributed by atoms with Crippen molar-refractivity contribution >= 4 is 21.8 Å². The number of carbonyl (C=O) groups is 2. The summed E-state index contributed by atoms with van der Waals surface area (Å²) < 4.78 is 28.5. The Morgan fingerprint density at radius 1 is 1.00 bits per heavy atom. The quantitative estimate of drug-likeness (QED) is 0.735. The number of likely N-dealkylation sites (tertiary alicyclic amines) is 1. The number of nitrogens with zero attached hydrogens (tertiary/aromatic N) is 2. The minimum Gasteiger partial charge on any atom is -0.361 e. The lowest BCUT2D eigenvalue weighted by Gasteiger charge is -2.32. The van der Waals surface area contributed by atoms with E-state index in [-0.39, 0.29) is 47.3 Å². The van der Waals surface area contributed by atoms with Crippen molar-refractivity contribution in [1.29, 1.82) is 0 Å². The third-order valence-corrected chi connectivity index (χ3v) is 8.10. The summed E-state index contributed by atoms with van der Waals surface area (Å²) in [7, 11) is -3.84. The van der Waals surface area contributed by atoms with Crippen LogP contribution in [0.3, 0.4) is 0 Å².